The number of aromatic amines is 1. The molecule has 5 nitrogen and oxygen atoms in total. The highest BCUT2D eigenvalue weighted by atomic mass is 16.5. The van der Waals surface area contributed by atoms with Gasteiger partial charge >= 0.3 is 0 Å². The number of rotatable bonds is 3. The Hall–Kier alpha value is -3.26. The van der Waals surface area contributed by atoms with E-state index in [9.17, 15) is 0 Å². The number of aromatic nitrogens is 2. The number of hydrogen-bond acceptors (Lipinski definition) is 4. The predicted octanol–water partition coefficient (Wildman–Crippen LogP) is 4.09. The molecule has 5 heteroatoms. The van der Waals surface area contributed by atoms with Gasteiger partial charge in [0.2, 0.25) is 0 Å². The first-order valence-electron chi connectivity index (χ1n) is 7.62. The summed E-state index contributed by atoms with van der Waals surface area (Å²) in [6.07, 6.45) is 2.44. The molecule has 4 rings (SSSR count). The normalized spacial score (nSPS) is 11.0. The van der Waals surface area contributed by atoms with E-state index in [0.717, 1.165) is 27.8 Å². The second-order valence-electron chi connectivity index (χ2n) is 5.72. The number of ether oxygens (including phenoxy) is 1. The largest absolute Gasteiger partial charge is 0.496 e. The van der Waals surface area contributed by atoms with Crippen molar-refractivity contribution >= 4 is 22.0 Å². The lowest BCUT2D eigenvalue weighted by molar-refractivity contribution is 0.409. The van der Waals surface area contributed by atoms with E-state index in [-0.39, 0.29) is 0 Å². The Labute approximate surface area is 138 Å². The van der Waals surface area contributed by atoms with Gasteiger partial charge in [-0.05, 0) is 42.8 Å². The van der Waals surface area contributed by atoms with Gasteiger partial charge in [0.25, 0.3) is 0 Å². The van der Waals surface area contributed by atoms with Crippen LogP contribution in [0.4, 0.5) is 0 Å². The second-order valence-corrected chi connectivity index (χ2v) is 5.72. The fraction of sp³-hybridized carbons (Fsp3) is 0.158. The SMILES string of the molecule is COc1cc(C)c2[nH]ccc2c1Cc1nc2cc(C#N)ccc2o1. The van der Waals surface area contributed by atoms with Crippen molar-refractivity contribution in [2.75, 3.05) is 7.11 Å². The second kappa shape index (κ2) is 5.43. The van der Waals surface area contributed by atoms with Crippen molar-refractivity contribution < 1.29 is 9.15 Å². The fourth-order valence-corrected chi connectivity index (χ4v) is 3.07. The van der Waals surface area contributed by atoms with E-state index in [1.807, 2.05) is 25.3 Å². The number of fused-ring (bicyclic) bond motifs is 2. The van der Waals surface area contributed by atoms with Gasteiger partial charge in [-0.2, -0.15) is 5.26 Å². The van der Waals surface area contributed by atoms with Crippen molar-refractivity contribution in [3.8, 4) is 11.8 Å². The number of methoxy groups -OCH3 is 1. The van der Waals surface area contributed by atoms with Gasteiger partial charge in [-0.3, -0.25) is 0 Å². The Bertz CT molecular complexity index is 1100. The summed E-state index contributed by atoms with van der Waals surface area (Å²) in [4.78, 5) is 7.79. The van der Waals surface area contributed by atoms with Crippen LogP contribution in [0.5, 0.6) is 5.75 Å². The molecule has 2 aromatic carbocycles. The molecule has 0 saturated carbocycles. The van der Waals surface area contributed by atoms with Gasteiger partial charge in [-0.15, -0.1) is 0 Å². The molecule has 2 heterocycles. The highest BCUT2D eigenvalue weighted by Crippen LogP contribution is 2.32. The molecule has 24 heavy (non-hydrogen) atoms. The van der Waals surface area contributed by atoms with E-state index < -0.39 is 0 Å². The Balaban J connectivity index is 1.83. The van der Waals surface area contributed by atoms with E-state index in [0.29, 0.717) is 29.0 Å². The molecule has 2 aromatic heterocycles. The van der Waals surface area contributed by atoms with Crippen molar-refractivity contribution in [1.82, 2.24) is 9.97 Å². The summed E-state index contributed by atoms with van der Waals surface area (Å²) in [6, 6.07) is 11.4. The fourth-order valence-electron chi connectivity index (χ4n) is 3.07. The van der Waals surface area contributed by atoms with E-state index in [4.69, 9.17) is 14.4 Å². The molecule has 0 radical (unpaired) electrons. The third-order valence-electron chi connectivity index (χ3n) is 4.22. The van der Waals surface area contributed by atoms with Gasteiger partial charge in [0, 0.05) is 22.7 Å². The number of nitriles is 1. The van der Waals surface area contributed by atoms with Crippen LogP contribution in [0, 0.1) is 18.3 Å². The molecule has 4 aromatic rings. The minimum atomic E-state index is 0.522. The standard InChI is InChI=1S/C19H15N3O2/c1-11-7-17(23-2)14(13-5-6-21-19(11)13)9-18-22-15-8-12(10-20)3-4-16(15)24-18/h3-8,21H,9H2,1-2H3. The topological polar surface area (TPSA) is 74.8 Å². The molecule has 0 aliphatic rings. The number of hydrogen-bond donors (Lipinski definition) is 1. The zero-order valence-corrected chi connectivity index (χ0v) is 13.4. The summed E-state index contributed by atoms with van der Waals surface area (Å²) in [7, 11) is 1.67. The minimum Gasteiger partial charge on any atom is -0.496 e. The number of oxazole rings is 1. The summed E-state index contributed by atoms with van der Waals surface area (Å²) in [6.45, 7) is 2.05. The van der Waals surface area contributed by atoms with Crippen LogP contribution in [0.25, 0.3) is 22.0 Å². The average molecular weight is 317 g/mol. The lowest BCUT2D eigenvalue weighted by Gasteiger charge is -2.10. The minimum absolute atomic E-state index is 0.522. The van der Waals surface area contributed by atoms with Crippen molar-refractivity contribution in [1.29, 1.82) is 5.26 Å². The summed E-state index contributed by atoms with van der Waals surface area (Å²) in [5.74, 6) is 1.42. The third-order valence-corrected chi connectivity index (χ3v) is 4.22. The molecular weight excluding hydrogens is 302 g/mol. The molecule has 0 unspecified atom stereocenters. The van der Waals surface area contributed by atoms with Crippen molar-refractivity contribution in [3.05, 3.63) is 59.1 Å². The first-order valence-corrected chi connectivity index (χ1v) is 7.62. The van der Waals surface area contributed by atoms with E-state index in [1.165, 1.54) is 0 Å². The van der Waals surface area contributed by atoms with Crippen molar-refractivity contribution in [3.63, 3.8) is 0 Å². The Morgan fingerprint density at radius 2 is 2.17 bits per heavy atom. The molecule has 0 fully saturated rings. The van der Waals surface area contributed by atoms with Crippen LogP contribution in [0.15, 0.2) is 40.9 Å². The number of nitrogens with one attached hydrogen (secondary N) is 1. The van der Waals surface area contributed by atoms with Crippen LogP contribution < -0.4 is 4.74 Å². The Morgan fingerprint density at radius 1 is 1.29 bits per heavy atom. The summed E-state index contributed by atoms with van der Waals surface area (Å²) in [5.41, 5.74) is 5.20. The first kappa shape index (κ1) is 14.3. The first-order chi connectivity index (χ1) is 11.7. The molecule has 0 saturated heterocycles. The van der Waals surface area contributed by atoms with Crippen LogP contribution in [0.3, 0.4) is 0 Å². The Kier molecular flexibility index (Phi) is 3.24. The highest BCUT2D eigenvalue weighted by Gasteiger charge is 2.16. The molecular formula is C19H15N3O2. The zero-order valence-electron chi connectivity index (χ0n) is 13.4. The number of benzene rings is 2. The lowest BCUT2D eigenvalue weighted by atomic mass is 10.0. The molecule has 0 aliphatic heterocycles. The monoisotopic (exact) mass is 317 g/mol. The highest BCUT2D eigenvalue weighted by molar-refractivity contribution is 5.88. The lowest BCUT2D eigenvalue weighted by Crippen LogP contribution is -1.96. The number of aryl methyl sites for hydroxylation is 1. The molecule has 0 aliphatic carbocycles. The van der Waals surface area contributed by atoms with Gasteiger partial charge in [-0.1, -0.05) is 0 Å². The molecule has 0 spiro atoms. The van der Waals surface area contributed by atoms with Crippen LogP contribution >= 0.6 is 0 Å². The predicted molar refractivity (Wildman–Crippen MR) is 91.1 cm³/mol. The van der Waals surface area contributed by atoms with E-state index in [2.05, 4.69) is 16.0 Å². The van der Waals surface area contributed by atoms with Crippen LogP contribution in [-0.4, -0.2) is 17.1 Å². The summed E-state index contributed by atoms with van der Waals surface area (Å²) in [5, 5.41) is 10.1. The number of H-pyrrole nitrogens is 1. The van der Waals surface area contributed by atoms with Gasteiger partial charge in [0.15, 0.2) is 11.5 Å². The number of nitrogens with zero attached hydrogens (tertiary/aromatic N) is 2. The van der Waals surface area contributed by atoms with E-state index in [1.54, 1.807) is 25.3 Å². The van der Waals surface area contributed by atoms with Crippen molar-refractivity contribution in [2.45, 2.75) is 13.3 Å². The maximum absolute atomic E-state index is 9.00. The Morgan fingerprint density at radius 3 is 2.96 bits per heavy atom. The molecule has 1 N–H and O–H groups in total. The van der Waals surface area contributed by atoms with Crippen LogP contribution in [-0.2, 0) is 6.42 Å². The molecule has 118 valence electrons. The van der Waals surface area contributed by atoms with Gasteiger partial charge in [-0.25, -0.2) is 4.98 Å². The maximum atomic E-state index is 9.00. The summed E-state index contributed by atoms with van der Waals surface area (Å²) < 4.78 is 11.4. The average Bonchev–Trinajstić information content (AvgIpc) is 3.22. The van der Waals surface area contributed by atoms with Gasteiger partial charge < -0.3 is 14.1 Å². The maximum Gasteiger partial charge on any atom is 0.200 e. The van der Waals surface area contributed by atoms with Crippen LogP contribution in [0.2, 0.25) is 0 Å². The molecule has 0 amide bonds. The van der Waals surface area contributed by atoms with E-state index >= 15 is 0 Å². The van der Waals surface area contributed by atoms with Gasteiger partial charge in [0.05, 0.1) is 25.2 Å². The van der Waals surface area contributed by atoms with Crippen LogP contribution in [0.1, 0.15) is 22.6 Å². The molecule has 0 atom stereocenters. The zero-order chi connectivity index (χ0) is 16.7. The third kappa shape index (κ3) is 2.20. The summed E-state index contributed by atoms with van der Waals surface area (Å²) >= 11 is 0. The quantitative estimate of drug-likeness (QED) is 0.617. The van der Waals surface area contributed by atoms with Crippen molar-refractivity contribution in [2.24, 2.45) is 0 Å². The molecule has 0 bridgehead atoms. The smallest absolute Gasteiger partial charge is 0.200 e. The van der Waals surface area contributed by atoms with Gasteiger partial charge in [0.1, 0.15) is 11.3 Å².